The van der Waals surface area contributed by atoms with Gasteiger partial charge in [0.15, 0.2) is 17.6 Å². The molecule has 2 N–H and O–H groups in total. The Labute approximate surface area is 116 Å². The summed E-state index contributed by atoms with van der Waals surface area (Å²) in [6.45, 7) is 3.48. The van der Waals surface area contributed by atoms with Crippen molar-refractivity contribution in [1.29, 1.82) is 0 Å². The Morgan fingerprint density at radius 2 is 2.25 bits per heavy atom. The van der Waals surface area contributed by atoms with Crippen molar-refractivity contribution in [3.8, 4) is 5.75 Å². The Bertz CT molecular complexity index is 516. The third-order valence-electron chi connectivity index (χ3n) is 2.64. The van der Waals surface area contributed by atoms with Crippen molar-refractivity contribution >= 4 is 11.9 Å². The van der Waals surface area contributed by atoms with Gasteiger partial charge in [0.05, 0.1) is 7.11 Å². The van der Waals surface area contributed by atoms with E-state index in [1.165, 1.54) is 19.2 Å². The molecule has 0 heterocycles. The quantitative estimate of drug-likeness (QED) is 0.750. The zero-order valence-corrected chi connectivity index (χ0v) is 11.1. The summed E-state index contributed by atoms with van der Waals surface area (Å²) in [4.78, 5) is 22.7. The normalized spacial score (nSPS) is 11.5. The number of rotatable bonds is 7. The van der Waals surface area contributed by atoms with Crippen LogP contribution < -0.4 is 10.1 Å². The van der Waals surface area contributed by atoms with Gasteiger partial charge in [-0.15, -0.1) is 6.58 Å². The number of nitrogens with one attached hydrogen (secondary N) is 1. The molecule has 0 spiro atoms. The predicted molar refractivity (Wildman–Crippen MR) is 70.9 cm³/mol. The topological polar surface area (TPSA) is 75.6 Å². The van der Waals surface area contributed by atoms with Crippen molar-refractivity contribution in [1.82, 2.24) is 5.32 Å². The Morgan fingerprint density at radius 3 is 2.75 bits per heavy atom. The van der Waals surface area contributed by atoms with Gasteiger partial charge < -0.3 is 15.2 Å². The summed E-state index contributed by atoms with van der Waals surface area (Å²) in [6, 6.07) is 2.45. The summed E-state index contributed by atoms with van der Waals surface area (Å²) in [5.74, 6) is -2.37. The second-order valence-corrected chi connectivity index (χ2v) is 4.06. The SMILES string of the molecule is C=CCCC(=O)NC(C(=O)O)c1ccc(OC)c(F)c1. The largest absolute Gasteiger partial charge is 0.494 e. The molecule has 0 aliphatic rings. The van der Waals surface area contributed by atoms with Crippen molar-refractivity contribution in [3.05, 3.63) is 42.2 Å². The van der Waals surface area contributed by atoms with Gasteiger partial charge in [0.25, 0.3) is 0 Å². The summed E-state index contributed by atoms with van der Waals surface area (Å²) in [5, 5.41) is 11.5. The van der Waals surface area contributed by atoms with Gasteiger partial charge in [-0.25, -0.2) is 9.18 Å². The maximum Gasteiger partial charge on any atom is 0.330 e. The number of hydrogen-bond acceptors (Lipinski definition) is 3. The number of amides is 1. The zero-order chi connectivity index (χ0) is 15.1. The Hall–Kier alpha value is -2.37. The lowest BCUT2D eigenvalue weighted by Gasteiger charge is -2.15. The molecular weight excluding hydrogens is 265 g/mol. The van der Waals surface area contributed by atoms with E-state index in [0.29, 0.717) is 6.42 Å². The molecule has 1 aromatic rings. The average molecular weight is 281 g/mol. The summed E-state index contributed by atoms with van der Waals surface area (Å²) in [6.07, 6.45) is 2.13. The fraction of sp³-hybridized carbons (Fsp3) is 0.286. The monoisotopic (exact) mass is 281 g/mol. The highest BCUT2D eigenvalue weighted by Gasteiger charge is 2.22. The van der Waals surface area contributed by atoms with E-state index in [1.54, 1.807) is 6.08 Å². The molecule has 6 heteroatoms. The van der Waals surface area contributed by atoms with Crippen LogP contribution in [0.15, 0.2) is 30.9 Å². The lowest BCUT2D eigenvalue weighted by Crippen LogP contribution is -2.33. The third-order valence-corrected chi connectivity index (χ3v) is 2.64. The molecule has 1 unspecified atom stereocenters. The number of allylic oxidation sites excluding steroid dienone is 1. The molecule has 0 saturated heterocycles. The molecule has 1 atom stereocenters. The number of ether oxygens (including phenoxy) is 1. The van der Waals surface area contributed by atoms with Crippen LogP contribution in [-0.2, 0) is 9.59 Å². The molecule has 5 nitrogen and oxygen atoms in total. The number of benzene rings is 1. The Kier molecular flexibility index (Phi) is 5.71. The van der Waals surface area contributed by atoms with Crippen LogP contribution in [0.4, 0.5) is 4.39 Å². The second kappa shape index (κ2) is 7.28. The number of carbonyl (C=O) groups is 2. The smallest absolute Gasteiger partial charge is 0.330 e. The van der Waals surface area contributed by atoms with Crippen molar-refractivity contribution in [2.24, 2.45) is 0 Å². The molecule has 1 rings (SSSR count). The number of aliphatic carboxylic acids is 1. The average Bonchev–Trinajstić information content (AvgIpc) is 2.42. The van der Waals surface area contributed by atoms with E-state index >= 15 is 0 Å². The molecular formula is C14H16FNO4. The zero-order valence-electron chi connectivity index (χ0n) is 11.1. The van der Waals surface area contributed by atoms with E-state index in [0.717, 1.165) is 6.07 Å². The Morgan fingerprint density at radius 1 is 1.55 bits per heavy atom. The number of carbonyl (C=O) groups excluding carboxylic acids is 1. The number of hydrogen-bond donors (Lipinski definition) is 2. The van der Waals surface area contributed by atoms with Crippen LogP contribution in [0.2, 0.25) is 0 Å². The van der Waals surface area contributed by atoms with Crippen molar-refractivity contribution in [2.75, 3.05) is 7.11 Å². The molecule has 0 aromatic heterocycles. The minimum atomic E-state index is -1.30. The Balaban J connectivity index is 2.91. The van der Waals surface area contributed by atoms with E-state index in [2.05, 4.69) is 11.9 Å². The fourth-order valence-electron chi connectivity index (χ4n) is 1.62. The molecule has 20 heavy (non-hydrogen) atoms. The van der Waals surface area contributed by atoms with Gasteiger partial charge in [-0.1, -0.05) is 12.1 Å². The molecule has 0 radical (unpaired) electrons. The first-order valence-electron chi connectivity index (χ1n) is 5.96. The summed E-state index contributed by atoms with van der Waals surface area (Å²) in [5.41, 5.74) is 0.141. The van der Waals surface area contributed by atoms with E-state index in [1.807, 2.05) is 0 Å². The second-order valence-electron chi connectivity index (χ2n) is 4.06. The van der Waals surface area contributed by atoms with Gasteiger partial charge in [0.1, 0.15) is 0 Å². The van der Waals surface area contributed by atoms with Gasteiger partial charge in [0, 0.05) is 6.42 Å². The maximum atomic E-state index is 13.6. The molecule has 1 amide bonds. The van der Waals surface area contributed by atoms with Crippen molar-refractivity contribution in [2.45, 2.75) is 18.9 Å². The molecule has 0 aliphatic heterocycles. The lowest BCUT2D eigenvalue weighted by atomic mass is 10.1. The van der Waals surface area contributed by atoms with Crippen LogP contribution in [0.3, 0.4) is 0 Å². The first-order valence-corrected chi connectivity index (χ1v) is 5.96. The fourth-order valence-corrected chi connectivity index (χ4v) is 1.62. The number of halogens is 1. The predicted octanol–water partition coefficient (Wildman–Crippen LogP) is 2.04. The lowest BCUT2D eigenvalue weighted by molar-refractivity contribution is -0.142. The van der Waals surface area contributed by atoms with Gasteiger partial charge in [-0.05, 0) is 24.1 Å². The standard InChI is InChI=1S/C14H16FNO4/c1-3-4-5-12(17)16-13(14(18)19)9-6-7-11(20-2)10(15)8-9/h3,6-8,13H,1,4-5H2,2H3,(H,16,17)(H,18,19). The first kappa shape index (κ1) is 15.7. The minimum absolute atomic E-state index is 0.0101. The highest BCUT2D eigenvalue weighted by molar-refractivity contribution is 5.84. The van der Waals surface area contributed by atoms with Crippen LogP contribution >= 0.6 is 0 Å². The number of methoxy groups -OCH3 is 1. The molecule has 108 valence electrons. The van der Waals surface area contributed by atoms with Crippen LogP contribution in [-0.4, -0.2) is 24.1 Å². The molecule has 0 bridgehead atoms. The first-order chi connectivity index (χ1) is 9.49. The van der Waals surface area contributed by atoms with E-state index in [9.17, 15) is 14.0 Å². The van der Waals surface area contributed by atoms with Crippen molar-refractivity contribution < 1.29 is 23.8 Å². The van der Waals surface area contributed by atoms with Crippen molar-refractivity contribution in [3.63, 3.8) is 0 Å². The van der Waals surface area contributed by atoms with Gasteiger partial charge in [0.2, 0.25) is 5.91 Å². The van der Waals surface area contributed by atoms with Crippen LogP contribution in [0.5, 0.6) is 5.75 Å². The van der Waals surface area contributed by atoms with Crippen LogP contribution in [0, 0.1) is 5.82 Å². The van der Waals surface area contributed by atoms with E-state index in [-0.39, 0.29) is 17.7 Å². The van der Waals surface area contributed by atoms with Gasteiger partial charge in [-0.2, -0.15) is 0 Å². The van der Waals surface area contributed by atoms with Gasteiger partial charge in [-0.3, -0.25) is 4.79 Å². The van der Waals surface area contributed by atoms with Crippen LogP contribution in [0.1, 0.15) is 24.4 Å². The van der Waals surface area contributed by atoms with Gasteiger partial charge >= 0.3 is 5.97 Å². The third kappa shape index (κ3) is 4.08. The molecule has 1 aromatic carbocycles. The van der Waals surface area contributed by atoms with Crippen LogP contribution in [0.25, 0.3) is 0 Å². The summed E-state index contributed by atoms with van der Waals surface area (Å²) in [7, 11) is 1.31. The summed E-state index contributed by atoms with van der Waals surface area (Å²) >= 11 is 0. The van der Waals surface area contributed by atoms with E-state index in [4.69, 9.17) is 9.84 Å². The molecule has 0 aliphatic carbocycles. The summed E-state index contributed by atoms with van der Waals surface area (Å²) < 4.78 is 18.3. The minimum Gasteiger partial charge on any atom is -0.494 e. The number of carboxylic acids is 1. The maximum absolute atomic E-state index is 13.6. The molecule has 0 saturated carbocycles. The highest BCUT2D eigenvalue weighted by atomic mass is 19.1. The number of carboxylic acid groups (broad SMARTS) is 1. The highest BCUT2D eigenvalue weighted by Crippen LogP contribution is 2.22. The van der Waals surface area contributed by atoms with E-state index < -0.39 is 23.7 Å². The molecule has 0 fully saturated rings.